The van der Waals surface area contributed by atoms with E-state index in [0.717, 1.165) is 18.5 Å². The Morgan fingerprint density at radius 2 is 1.95 bits per heavy atom. The largest absolute Gasteiger partial charge is 0.383 e. The molecule has 0 aromatic heterocycles. The third-order valence-electron chi connectivity index (χ3n) is 3.00. The number of nitrogens with one attached hydrogen (secondary N) is 2. The highest BCUT2D eigenvalue weighted by Gasteiger charge is 2.10. The third-order valence-corrected chi connectivity index (χ3v) is 3.00. The Kier molecular flexibility index (Phi) is 6.49. The number of nitro benzene ring substituents is 1. The van der Waals surface area contributed by atoms with Crippen LogP contribution < -0.4 is 10.6 Å². The molecule has 0 saturated heterocycles. The van der Waals surface area contributed by atoms with Crippen molar-refractivity contribution in [2.45, 2.75) is 26.7 Å². The molecule has 20 heavy (non-hydrogen) atoms. The maximum Gasteiger partial charge on any atom is 0.269 e. The molecule has 1 atom stereocenters. The van der Waals surface area contributed by atoms with E-state index < -0.39 is 4.92 Å². The van der Waals surface area contributed by atoms with Gasteiger partial charge in [0.1, 0.15) is 0 Å². The molecule has 1 rings (SSSR count). The molecule has 1 amide bonds. The molecule has 0 aliphatic heterocycles. The first-order valence-electron chi connectivity index (χ1n) is 6.80. The number of amides is 1. The quantitative estimate of drug-likeness (QED) is 0.435. The zero-order chi connectivity index (χ0) is 15.0. The lowest BCUT2D eigenvalue weighted by Crippen LogP contribution is -2.32. The fourth-order valence-corrected chi connectivity index (χ4v) is 1.83. The van der Waals surface area contributed by atoms with Crippen molar-refractivity contribution in [2.75, 3.05) is 18.4 Å². The summed E-state index contributed by atoms with van der Waals surface area (Å²) >= 11 is 0. The van der Waals surface area contributed by atoms with Crippen molar-refractivity contribution in [1.82, 2.24) is 5.32 Å². The van der Waals surface area contributed by atoms with Crippen LogP contribution in [0.3, 0.4) is 0 Å². The van der Waals surface area contributed by atoms with Crippen molar-refractivity contribution in [3.05, 3.63) is 34.4 Å². The molecule has 110 valence electrons. The van der Waals surface area contributed by atoms with Crippen molar-refractivity contribution >= 4 is 17.3 Å². The van der Waals surface area contributed by atoms with Crippen LogP contribution in [0.5, 0.6) is 0 Å². The summed E-state index contributed by atoms with van der Waals surface area (Å²) in [6.45, 7) is 5.09. The molecule has 2 N–H and O–H groups in total. The topological polar surface area (TPSA) is 84.3 Å². The smallest absolute Gasteiger partial charge is 0.269 e. The van der Waals surface area contributed by atoms with Crippen LogP contribution in [0.4, 0.5) is 11.4 Å². The van der Waals surface area contributed by atoms with Crippen LogP contribution >= 0.6 is 0 Å². The Balaban J connectivity index is 2.27. The van der Waals surface area contributed by atoms with Crippen molar-refractivity contribution < 1.29 is 9.72 Å². The Labute approximate surface area is 118 Å². The van der Waals surface area contributed by atoms with Crippen LogP contribution in [0, 0.1) is 16.0 Å². The molecule has 6 heteroatoms. The lowest BCUT2D eigenvalue weighted by atomic mass is 10.1. The van der Waals surface area contributed by atoms with Gasteiger partial charge in [0.05, 0.1) is 4.92 Å². The zero-order valence-electron chi connectivity index (χ0n) is 11.9. The highest BCUT2D eigenvalue weighted by molar-refractivity contribution is 5.78. The van der Waals surface area contributed by atoms with Gasteiger partial charge in [-0.3, -0.25) is 14.9 Å². The van der Waals surface area contributed by atoms with E-state index in [-0.39, 0.29) is 17.5 Å². The predicted octanol–water partition coefficient (Wildman–Crippen LogP) is 2.56. The van der Waals surface area contributed by atoms with Crippen LogP contribution in [0.25, 0.3) is 0 Å². The normalized spacial score (nSPS) is 11.7. The highest BCUT2D eigenvalue weighted by Crippen LogP contribution is 2.14. The van der Waals surface area contributed by atoms with Gasteiger partial charge in [-0.1, -0.05) is 20.3 Å². The number of non-ortho nitro benzene ring substituents is 1. The lowest BCUT2D eigenvalue weighted by molar-refractivity contribution is -0.384. The standard InChI is InChI=1S/C14H21N3O3/c1-3-4-11(2)14(18)16-10-9-15-12-5-7-13(8-6-12)17(19)20/h5-8,11,15H,3-4,9-10H2,1-2H3,(H,16,18). The minimum absolute atomic E-state index is 0.0411. The predicted molar refractivity (Wildman–Crippen MR) is 78.7 cm³/mol. The molecule has 0 aliphatic rings. The van der Waals surface area contributed by atoms with E-state index in [1.165, 1.54) is 12.1 Å². The molecule has 1 unspecified atom stereocenters. The van der Waals surface area contributed by atoms with Gasteiger partial charge in [-0.25, -0.2) is 0 Å². The van der Waals surface area contributed by atoms with Crippen LogP contribution in [0.1, 0.15) is 26.7 Å². The van der Waals surface area contributed by atoms with E-state index >= 15 is 0 Å². The molecule has 0 fully saturated rings. The van der Waals surface area contributed by atoms with Gasteiger partial charge in [-0.2, -0.15) is 0 Å². The number of carbonyl (C=O) groups excluding carboxylic acids is 1. The average molecular weight is 279 g/mol. The van der Waals surface area contributed by atoms with Crippen LogP contribution in [-0.2, 0) is 4.79 Å². The molecule has 1 aromatic carbocycles. The molecule has 1 aromatic rings. The SMILES string of the molecule is CCCC(C)C(=O)NCCNc1ccc([N+](=O)[O-])cc1. The molecular weight excluding hydrogens is 258 g/mol. The Hall–Kier alpha value is -2.11. The molecule has 0 heterocycles. The van der Waals surface area contributed by atoms with Crippen molar-refractivity contribution in [3.8, 4) is 0 Å². The second-order valence-corrected chi connectivity index (χ2v) is 4.71. The van der Waals surface area contributed by atoms with E-state index in [9.17, 15) is 14.9 Å². The minimum Gasteiger partial charge on any atom is -0.383 e. The van der Waals surface area contributed by atoms with E-state index in [2.05, 4.69) is 17.6 Å². The first-order valence-corrected chi connectivity index (χ1v) is 6.80. The van der Waals surface area contributed by atoms with Gasteiger partial charge in [0, 0.05) is 36.8 Å². The number of carbonyl (C=O) groups is 1. The number of hydrogen-bond donors (Lipinski definition) is 2. The van der Waals surface area contributed by atoms with Gasteiger partial charge >= 0.3 is 0 Å². The van der Waals surface area contributed by atoms with E-state index in [1.54, 1.807) is 12.1 Å². The summed E-state index contributed by atoms with van der Waals surface area (Å²) in [6, 6.07) is 6.20. The number of rotatable bonds is 8. The molecule has 0 radical (unpaired) electrons. The fraction of sp³-hybridized carbons (Fsp3) is 0.500. The Morgan fingerprint density at radius 1 is 1.30 bits per heavy atom. The Morgan fingerprint density at radius 3 is 2.50 bits per heavy atom. The number of benzene rings is 1. The summed E-state index contributed by atoms with van der Waals surface area (Å²) < 4.78 is 0. The maximum absolute atomic E-state index is 11.7. The molecule has 6 nitrogen and oxygen atoms in total. The van der Waals surface area contributed by atoms with Crippen molar-refractivity contribution in [2.24, 2.45) is 5.92 Å². The highest BCUT2D eigenvalue weighted by atomic mass is 16.6. The monoisotopic (exact) mass is 279 g/mol. The molecule has 0 saturated carbocycles. The zero-order valence-corrected chi connectivity index (χ0v) is 11.9. The van der Waals surface area contributed by atoms with Gasteiger partial charge in [0.15, 0.2) is 0 Å². The first kappa shape index (κ1) is 15.9. The van der Waals surface area contributed by atoms with Gasteiger partial charge in [-0.15, -0.1) is 0 Å². The first-order chi connectivity index (χ1) is 9.54. The second kappa shape index (κ2) is 8.14. The summed E-state index contributed by atoms with van der Waals surface area (Å²) in [5.41, 5.74) is 0.865. The summed E-state index contributed by atoms with van der Waals surface area (Å²) in [5.74, 6) is 0.108. The fourth-order valence-electron chi connectivity index (χ4n) is 1.83. The number of anilines is 1. The van der Waals surface area contributed by atoms with Gasteiger partial charge in [-0.05, 0) is 18.6 Å². The van der Waals surface area contributed by atoms with Crippen LogP contribution in [-0.4, -0.2) is 23.9 Å². The lowest BCUT2D eigenvalue weighted by Gasteiger charge is -2.11. The average Bonchev–Trinajstić information content (AvgIpc) is 2.44. The summed E-state index contributed by atoms with van der Waals surface area (Å²) in [4.78, 5) is 21.7. The summed E-state index contributed by atoms with van der Waals surface area (Å²) in [7, 11) is 0. The minimum atomic E-state index is -0.431. The van der Waals surface area contributed by atoms with E-state index in [1.807, 2.05) is 6.92 Å². The Bertz CT molecular complexity index is 445. The van der Waals surface area contributed by atoms with Gasteiger partial charge < -0.3 is 10.6 Å². The molecular formula is C14H21N3O3. The van der Waals surface area contributed by atoms with Crippen molar-refractivity contribution in [1.29, 1.82) is 0 Å². The number of nitrogens with zero attached hydrogens (tertiary/aromatic N) is 1. The van der Waals surface area contributed by atoms with E-state index in [4.69, 9.17) is 0 Å². The molecule has 0 spiro atoms. The maximum atomic E-state index is 11.7. The van der Waals surface area contributed by atoms with Crippen LogP contribution in [0.2, 0.25) is 0 Å². The summed E-state index contributed by atoms with van der Waals surface area (Å²) in [6.07, 6.45) is 1.89. The number of hydrogen-bond acceptors (Lipinski definition) is 4. The number of nitro groups is 1. The molecule has 0 aliphatic carbocycles. The van der Waals surface area contributed by atoms with Crippen molar-refractivity contribution in [3.63, 3.8) is 0 Å². The van der Waals surface area contributed by atoms with Crippen LogP contribution in [0.15, 0.2) is 24.3 Å². The third kappa shape index (κ3) is 5.26. The second-order valence-electron chi connectivity index (χ2n) is 4.71. The van der Waals surface area contributed by atoms with Gasteiger partial charge in [0.25, 0.3) is 5.69 Å². The molecule has 0 bridgehead atoms. The van der Waals surface area contributed by atoms with E-state index in [0.29, 0.717) is 13.1 Å². The van der Waals surface area contributed by atoms with Gasteiger partial charge in [0.2, 0.25) is 5.91 Å². The summed E-state index contributed by atoms with van der Waals surface area (Å²) in [5, 5.41) is 16.5.